The summed E-state index contributed by atoms with van der Waals surface area (Å²) in [5, 5.41) is 6.95. The minimum Gasteiger partial charge on any atom is -0.467 e. The van der Waals surface area contributed by atoms with Gasteiger partial charge < -0.3 is 14.8 Å². The van der Waals surface area contributed by atoms with E-state index in [9.17, 15) is 14.4 Å². The van der Waals surface area contributed by atoms with Gasteiger partial charge in [-0.2, -0.15) is 5.10 Å². The van der Waals surface area contributed by atoms with E-state index in [4.69, 9.17) is 9.47 Å². The number of esters is 2. The Labute approximate surface area is 170 Å². The first-order chi connectivity index (χ1) is 13.7. The molecule has 0 aliphatic heterocycles. The maximum absolute atomic E-state index is 12.5. The highest BCUT2D eigenvalue weighted by molar-refractivity contribution is 5.94. The van der Waals surface area contributed by atoms with Gasteiger partial charge >= 0.3 is 11.9 Å². The van der Waals surface area contributed by atoms with E-state index in [0.717, 1.165) is 5.69 Å². The van der Waals surface area contributed by atoms with Crippen molar-refractivity contribution in [3.05, 3.63) is 47.3 Å². The van der Waals surface area contributed by atoms with Crippen LogP contribution in [0, 0.1) is 19.8 Å². The van der Waals surface area contributed by atoms with Crippen molar-refractivity contribution in [2.45, 2.75) is 40.2 Å². The van der Waals surface area contributed by atoms with Crippen molar-refractivity contribution in [1.82, 2.24) is 15.1 Å². The van der Waals surface area contributed by atoms with Crippen LogP contribution in [0.3, 0.4) is 0 Å². The molecule has 1 aromatic heterocycles. The van der Waals surface area contributed by atoms with Crippen LogP contribution in [0.2, 0.25) is 0 Å². The fourth-order valence-electron chi connectivity index (χ4n) is 3.03. The molecular formula is C21H27N3O5. The fourth-order valence-corrected chi connectivity index (χ4v) is 3.03. The van der Waals surface area contributed by atoms with Gasteiger partial charge in [-0.1, -0.05) is 32.0 Å². The number of aromatic nitrogens is 2. The molecule has 0 spiro atoms. The minimum absolute atomic E-state index is 0.177. The maximum atomic E-state index is 12.5. The molecule has 0 radical (unpaired) electrons. The van der Waals surface area contributed by atoms with Crippen molar-refractivity contribution < 1.29 is 23.9 Å². The summed E-state index contributed by atoms with van der Waals surface area (Å²) in [5.74, 6) is -1.57. The Hall–Kier alpha value is -3.16. The number of nitrogens with zero attached hydrogens (tertiary/aromatic N) is 2. The normalized spacial score (nSPS) is 11.8. The van der Waals surface area contributed by atoms with Gasteiger partial charge in [-0.15, -0.1) is 0 Å². The Morgan fingerprint density at radius 2 is 1.79 bits per heavy atom. The van der Waals surface area contributed by atoms with Gasteiger partial charge in [0.15, 0.2) is 6.61 Å². The zero-order chi connectivity index (χ0) is 21.6. The molecule has 2 rings (SSSR count). The predicted molar refractivity (Wildman–Crippen MR) is 107 cm³/mol. The molecule has 0 fully saturated rings. The summed E-state index contributed by atoms with van der Waals surface area (Å²) in [6.45, 7) is 6.83. The lowest BCUT2D eigenvalue weighted by molar-refractivity contribution is -0.145. The Morgan fingerprint density at radius 3 is 2.38 bits per heavy atom. The summed E-state index contributed by atoms with van der Waals surface area (Å²) < 4.78 is 11.5. The summed E-state index contributed by atoms with van der Waals surface area (Å²) >= 11 is 0. The van der Waals surface area contributed by atoms with E-state index in [2.05, 4.69) is 10.4 Å². The maximum Gasteiger partial charge on any atom is 0.342 e. The number of carbonyl (C=O) groups excluding carboxylic acids is 3. The molecule has 0 saturated carbocycles. The number of carbonyl (C=O) groups is 3. The molecule has 8 nitrogen and oxygen atoms in total. The molecule has 1 N–H and O–H groups in total. The first-order valence-corrected chi connectivity index (χ1v) is 9.40. The number of hydrogen-bond donors (Lipinski definition) is 1. The second-order valence-electron chi connectivity index (χ2n) is 7.14. The van der Waals surface area contributed by atoms with Crippen molar-refractivity contribution in [2.75, 3.05) is 13.7 Å². The third-order valence-corrected chi connectivity index (χ3v) is 4.36. The number of amides is 1. The average Bonchev–Trinajstić information content (AvgIpc) is 2.99. The molecule has 8 heteroatoms. The molecule has 29 heavy (non-hydrogen) atoms. The number of benzene rings is 1. The topological polar surface area (TPSA) is 99.5 Å². The van der Waals surface area contributed by atoms with E-state index in [1.165, 1.54) is 7.11 Å². The lowest BCUT2D eigenvalue weighted by Crippen LogP contribution is -2.44. The molecule has 2 aromatic rings. The van der Waals surface area contributed by atoms with Gasteiger partial charge in [0, 0.05) is 0 Å². The Balaban J connectivity index is 2.04. The first kappa shape index (κ1) is 22.1. The summed E-state index contributed by atoms with van der Waals surface area (Å²) in [6, 6.07) is 8.62. The van der Waals surface area contributed by atoms with Crippen LogP contribution in [0.4, 0.5) is 0 Å². The Bertz CT molecular complexity index is 874. The molecule has 1 atom stereocenters. The van der Waals surface area contributed by atoms with E-state index < -0.39 is 30.5 Å². The highest BCUT2D eigenvalue weighted by atomic mass is 16.5. The first-order valence-electron chi connectivity index (χ1n) is 9.40. The molecule has 0 bridgehead atoms. The van der Waals surface area contributed by atoms with Crippen molar-refractivity contribution in [1.29, 1.82) is 0 Å². The summed E-state index contributed by atoms with van der Waals surface area (Å²) in [4.78, 5) is 36.5. The van der Waals surface area contributed by atoms with Gasteiger partial charge in [-0.25, -0.2) is 14.3 Å². The molecule has 1 amide bonds. The second-order valence-corrected chi connectivity index (χ2v) is 7.14. The number of ether oxygens (including phenoxy) is 2. The molecule has 1 aromatic carbocycles. The van der Waals surface area contributed by atoms with Crippen molar-refractivity contribution in [2.24, 2.45) is 5.92 Å². The monoisotopic (exact) mass is 401 g/mol. The lowest BCUT2D eigenvalue weighted by atomic mass is 10.0. The van der Waals surface area contributed by atoms with Crippen LogP contribution in [0.15, 0.2) is 30.3 Å². The molecule has 0 unspecified atom stereocenters. The zero-order valence-electron chi connectivity index (χ0n) is 17.4. The van der Waals surface area contributed by atoms with Crippen LogP contribution in [-0.4, -0.2) is 47.4 Å². The number of rotatable bonds is 8. The minimum atomic E-state index is -0.782. The van der Waals surface area contributed by atoms with Gasteiger partial charge in [0.05, 0.1) is 24.2 Å². The van der Waals surface area contributed by atoms with Crippen LogP contribution in [0.5, 0.6) is 0 Å². The highest BCUT2D eigenvalue weighted by Crippen LogP contribution is 2.18. The SMILES string of the molecule is COC(=O)[C@@H](CC(C)C)NC(=O)COC(=O)c1c(C)nn(-c2ccccc2)c1C. The molecule has 1 heterocycles. The van der Waals surface area contributed by atoms with Gasteiger partial charge in [-0.3, -0.25) is 4.79 Å². The van der Waals surface area contributed by atoms with E-state index in [0.29, 0.717) is 23.4 Å². The average molecular weight is 401 g/mol. The summed E-state index contributed by atoms with van der Waals surface area (Å²) in [6.07, 6.45) is 0.425. The summed E-state index contributed by atoms with van der Waals surface area (Å²) in [5.41, 5.74) is 2.25. The number of para-hydroxylation sites is 1. The van der Waals surface area contributed by atoms with E-state index >= 15 is 0 Å². The number of nitrogens with one attached hydrogen (secondary N) is 1. The quantitative estimate of drug-likeness (QED) is 0.682. The predicted octanol–water partition coefficient (Wildman–Crippen LogP) is 2.35. The smallest absolute Gasteiger partial charge is 0.342 e. The fraction of sp³-hybridized carbons (Fsp3) is 0.429. The van der Waals surface area contributed by atoms with Gasteiger partial charge in [-0.05, 0) is 38.3 Å². The third-order valence-electron chi connectivity index (χ3n) is 4.36. The van der Waals surface area contributed by atoms with E-state index in [1.807, 2.05) is 44.2 Å². The Morgan fingerprint density at radius 1 is 1.14 bits per heavy atom. The molecular weight excluding hydrogens is 374 g/mol. The van der Waals surface area contributed by atoms with Crippen LogP contribution in [0.1, 0.15) is 42.0 Å². The van der Waals surface area contributed by atoms with Crippen LogP contribution >= 0.6 is 0 Å². The standard InChI is InChI=1S/C21H27N3O5/c1-13(2)11-17(20(26)28-5)22-18(25)12-29-21(27)19-14(3)23-24(15(19)4)16-9-7-6-8-10-16/h6-10,13,17H,11-12H2,1-5H3,(H,22,25)/t17-/m1/s1. The van der Waals surface area contributed by atoms with Gasteiger partial charge in [0.1, 0.15) is 11.6 Å². The van der Waals surface area contributed by atoms with E-state index in [-0.39, 0.29) is 5.92 Å². The largest absolute Gasteiger partial charge is 0.467 e. The van der Waals surface area contributed by atoms with Crippen LogP contribution < -0.4 is 5.32 Å². The molecule has 0 aliphatic rings. The lowest BCUT2D eigenvalue weighted by Gasteiger charge is -2.18. The van der Waals surface area contributed by atoms with Crippen molar-refractivity contribution >= 4 is 17.8 Å². The van der Waals surface area contributed by atoms with Crippen LogP contribution in [-0.2, 0) is 19.1 Å². The van der Waals surface area contributed by atoms with Crippen molar-refractivity contribution in [3.63, 3.8) is 0 Å². The second kappa shape index (κ2) is 9.86. The van der Waals surface area contributed by atoms with Crippen molar-refractivity contribution in [3.8, 4) is 5.69 Å². The highest BCUT2D eigenvalue weighted by Gasteiger charge is 2.25. The van der Waals surface area contributed by atoms with Gasteiger partial charge in [0.25, 0.3) is 5.91 Å². The molecule has 156 valence electrons. The molecule has 0 aliphatic carbocycles. The number of hydrogen-bond acceptors (Lipinski definition) is 6. The van der Waals surface area contributed by atoms with Gasteiger partial charge in [0.2, 0.25) is 0 Å². The summed E-state index contributed by atoms with van der Waals surface area (Å²) in [7, 11) is 1.26. The third kappa shape index (κ3) is 5.66. The molecule has 0 saturated heterocycles. The number of aryl methyl sites for hydroxylation is 1. The zero-order valence-corrected chi connectivity index (χ0v) is 17.4. The Kier molecular flexibility index (Phi) is 7.52. The van der Waals surface area contributed by atoms with Crippen LogP contribution in [0.25, 0.3) is 5.69 Å². The number of methoxy groups -OCH3 is 1. The van der Waals surface area contributed by atoms with E-state index in [1.54, 1.807) is 18.5 Å².